The van der Waals surface area contributed by atoms with Crippen LogP contribution in [0.5, 0.6) is 0 Å². The van der Waals surface area contributed by atoms with E-state index < -0.39 is 23.8 Å². The molecule has 7 nitrogen and oxygen atoms in total. The highest BCUT2D eigenvalue weighted by atomic mass is 16.7. The second-order valence-electron chi connectivity index (χ2n) is 4.94. The summed E-state index contributed by atoms with van der Waals surface area (Å²) < 4.78 is 16.9. The monoisotopic (exact) mass is 272 g/mol. The Labute approximate surface area is 111 Å². The number of carbonyl (C=O) groups is 2. The summed E-state index contributed by atoms with van der Waals surface area (Å²) in [5.74, 6) is -0.945. The fourth-order valence-corrected chi connectivity index (χ4v) is 2.53. The number of imide groups is 1. The van der Waals surface area contributed by atoms with Crippen molar-refractivity contribution >= 4 is 11.9 Å². The van der Waals surface area contributed by atoms with Gasteiger partial charge in [0.1, 0.15) is 6.10 Å². The van der Waals surface area contributed by atoms with Crippen molar-refractivity contribution in [2.24, 2.45) is 5.73 Å². The number of nitrogens with one attached hydrogen (secondary N) is 1. The zero-order valence-electron chi connectivity index (χ0n) is 11.0. The van der Waals surface area contributed by atoms with E-state index in [1.54, 1.807) is 6.92 Å². The van der Waals surface area contributed by atoms with Gasteiger partial charge in [-0.2, -0.15) is 0 Å². The van der Waals surface area contributed by atoms with E-state index in [4.69, 9.17) is 19.9 Å². The molecule has 1 aliphatic heterocycles. The summed E-state index contributed by atoms with van der Waals surface area (Å²) in [5.41, 5.74) is 4.88. The van der Waals surface area contributed by atoms with Crippen LogP contribution in [-0.2, 0) is 19.0 Å². The molecule has 19 heavy (non-hydrogen) atoms. The first-order chi connectivity index (χ1) is 9.01. The molecule has 0 aromatic heterocycles. The van der Waals surface area contributed by atoms with E-state index in [-0.39, 0.29) is 6.10 Å². The molecule has 1 saturated carbocycles. The Bertz CT molecular complexity index is 344. The van der Waals surface area contributed by atoms with Crippen molar-refractivity contribution in [3.63, 3.8) is 0 Å². The van der Waals surface area contributed by atoms with Gasteiger partial charge in [-0.1, -0.05) is 0 Å². The molecule has 2 fully saturated rings. The van der Waals surface area contributed by atoms with Gasteiger partial charge in [0.25, 0.3) is 5.91 Å². The standard InChI is InChI=1S/C12H20N2O5/c1-8(10(15)14-11(13)16)19-9-2-4-12(5-3-9)17-6-7-18-12/h8-9H,2-7H2,1H3,(H3,13,14,15,16). The quantitative estimate of drug-likeness (QED) is 0.768. The molecule has 1 aliphatic carbocycles. The van der Waals surface area contributed by atoms with Crippen LogP contribution in [0.25, 0.3) is 0 Å². The number of ether oxygens (including phenoxy) is 3. The van der Waals surface area contributed by atoms with Gasteiger partial charge >= 0.3 is 6.03 Å². The lowest BCUT2D eigenvalue weighted by Gasteiger charge is -2.35. The minimum atomic E-state index is -0.865. The lowest BCUT2D eigenvalue weighted by Crippen LogP contribution is -2.44. The minimum Gasteiger partial charge on any atom is -0.365 e. The third kappa shape index (κ3) is 3.65. The third-order valence-electron chi connectivity index (χ3n) is 3.52. The van der Waals surface area contributed by atoms with Gasteiger partial charge in [-0.15, -0.1) is 0 Å². The first-order valence-corrected chi connectivity index (χ1v) is 6.54. The highest BCUT2D eigenvalue weighted by Gasteiger charge is 2.41. The summed E-state index contributed by atoms with van der Waals surface area (Å²) in [4.78, 5) is 22.1. The third-order valence-corrected chi connectivity index (χ3v) is 3.52. The maximum atomic E-state index is 11.5. The molecule has 108 valence electrons. The van der Waals surface area contributed by atoms with Gasteiger partial charge in [0.15, 0.2) is 5.79 Å². The van der Waals surface area contributed by atoms with Gasteiger partial charge in [-0.25, -0.2) is 4.79 Å². The molecule has 2 rings (SSSR count). The average molecular weight is 272 g/mol. The van der Waals surface area contributed by atoms with Gasteiger partial charge in [0, 0.05) is 12.8 Å². The number of amides is 3. The molecular weight excluding hydrogens is 252 g/mol. The summed E-state index contributed by atoms with van der Waals surface area (Å²) in [6, 6.07) is -0.865. The topological polar surface area (TPSA) is 99.9 Å². The Hall–Kier alpha value is -1.18. The Kier molecular flexibility index (Phi) is 4.38. The lowest BCUT2D eigenvalue weighted by atomic mass is 9.91. The molecule has 3 N–H and O–H groups in total. The maximum absolute atomic E-state index is 11.5. The Morgan fingerprint density at radius 3 is 2.42 bits per heavy atom. The van der Waals surface area contributed by atoms with Gasteiger partial charge in [-0.05, 0) is 19.8 Å². The normalized spacial score (nSPS) is 24.3. The lowest BCUT2D eigenvalue weighted by molar-refractivity contribution is -0.195. The highest BCUT2D eigenvalue weighted by molar-refractivity contribution is 5.95. The van der Waals surface area contributed by atoms with E-state index in [1.165, 1.54) is 0 Å². The maximum Gasteiger partial charge on any atom is 0.318 e. The van der Waals surface area contributed by atoms with E-state index in [9.17, 15) is 9.59 Å². The van der Waals surface area contributed by atoms with Crippen LogP contribution in [0.2, 0.25) is 0 Å². The molecule has 3 amide bonds. The Balaban J connectivity index is 1.75. The van der Waals surface area contributed by atoms with Crippen molar-refractivity contribution in [3.8, 4) is 0 Å². The summed E-state index contributed by atoms with van der Waals surface area (Å²) in [7, 11) is 0. The van der Waals surface area contributed by atoms with Crippen LogP contribution in [0.4, 0.5) is 4.79 Å². The van der Waals surface area contributed by atoms with E-state index in [1.807, 2.05) is 5.32 Å². The molecule has 2 aliphatic rings. The molecular formula is C12H20N2O5. The second kappa shape index (κ2) is 5.85. The molecule has 0 bridgehead atoms. The van der Waals surface area contributed by atoms with Crippen molar-refractivity contribution in [1.82, 2.24) is 5.32 Å². The van der Waals surface area contributed by atoms with Crippen LogP contribution in [0.15, 0.2) is 0 Å². The summed E-state index contributed by atoms with van der Waals surface area (Å²) >= 11 is 0. The van der Waals surface area contributed by atoms with Crippen molar-refractivity contribution < 1.29 is 23.8 Å². The van der Waals surface area contributed by atoms with Crippen molar-refractivity contribution in [2.45, 2.75) is 50.6 Å². The summed E-state index contributed by atoms with van der Waals surface area (Å²) in [6.07, 6.45) is 2.36. The second-order valence-corrected chi connectivity index (χ2v) is 4.94. The fourth-order valence-electron chi connectivity index (χ4n) is 2.53. The number of hydrogen-bond acceptors (Lipinski definition) is 5. The van der Waals surface area contributed by atoms with Crippen LogP contribution in [0, 0.1) is 0 Å². The number of rotatable bonds is 3. The number of primary amides is 1. The zero-order valence-corrected chi connectivity index (χ0v) is 11.0. The predicted octanol–water partition coefficient (Wildman–Crippen LogP) is 0.272. The van der Waals surface area contributed by atoms with Crippen molar-refractivity contribution in [2.75, 3.05) is 13.2 Å². The van der Waals surface area contributed by atoms with Gasteiger partial charge < -0.3 is 19.9 Å². The number of hydrogen-bond donors (Lipinski definition) is 2. The van der Waals surface area contributed by atoms with Crippen LogP contribution in [0.3, 0.4) is 0 Å². The van der Waals surface area contributed by atoms with Crippen molar-refractivity contribution in [3.05, 3.63) is 0 Å². The molecule has 0 aromatic rings. The molecule has 1 saturated heterocycles. The van der Waals surface area contributed by atoms with E-state index >= 15 is 0 Å². The SMILES string of the molecule is CC(OC1CCC2(CC1)OCCO2)C(=O)NC(N)=O. The molecule has 1 heterocycles. The fraction of sp³-hybridized carbons (Fsp3) is 0.833. The predicted molar refractivity (Wildman–Crippen MR) is 65.2 cm³/mol. The first-order valence-electron chi connectivity index (χ1n) is 6.54. The largest absolute Gasteiger partial charge is 0.365 e. The van der Waals surface area contributed by atoms with Crippen molar-refractivity contribution in [1.29, 1.82) is 0 Å². The smallest absolute Gasteiger partial charge is 0.318 e. The molecule has 1 unspecified atom stereocenters. The minimum absolute atomic E-state index is 0.0212. The van der Waals surface area contributed by atoms with E-state index in [0.29, 0.717) is 13.2 Å². The highest BCUT2D eigenvalue weighted by Crippen LogP contribution is 2.36. The number of urea groups is 1. The summed E-state index contributed by atoms with van der Waals surface area (Å²) in [6.45, 7) is 2.89. The molecule has 0 radical (unpaired) electrons. The molecule has 1 spiro atoms. The number of carbonyl (C=O) groups excluding carboxylic acids is 2. The zero-order chi connectivity index (χ0) is 13.9. The van der Waals surface area contributed by atoms with Crippen LogP contribution in [-0.4, -0.2) is 43.1 Å². The van der Waals surface area contributed by atoms with Gasteiger partial charge in [-0.3, -0.25) is 10.1 Å². The molecule has 7 heteroatoms. The van der Waals surface area contributed by atoms with E-state index in [2.05, 4.69) is 0 Å². The van der Waals surface area contributed by atoms with Crippen LogP contribution >= 0.6 is 0 Å². The molecule has 1 atom stereocenters. The van der Waals surface area contributed by atoms with Crippen LogP contribution in [0.1, 0.15) is 32.6 Å². The average Bonchev–Trinajstić information content (AvgIpc) is 2.80. The first kappa shape index (κ1) is 14.2. The number of nitrogens with two attached hydrogens (primary N) is 1. The van der Waals surface area contributed by atoms with Crippen LogP contribution < -0.4 is 11.1 Å². The Morgan fingerprint density at radius 1 is 1.32 bits per heavy atom. The Morgan fingerprint density at radius 2 is 1.89 bits per heavy atom. The molecule has 0 aromatic carbocycles. The van der Waals surface area contributed by atoms with Gasteiger partial charge in [0.05, 0.1) is 19.3 Å². The van der Waals surface area contributed by atoms with Gasteiger partial charge in [0.2, 0.25) is 0 Å². The van der Waals surface area contributed by atoms with E-state index in [0.717, 1.165) is 25.7 Å². The summed E-state index contributed by atoms with van der Waals surface area (Å²) in [5, 5.41) is 2.01.